The summed E-state index contributed by atoms with van der Waals surface area (Å²) in [6.07, 6.45) is 64.2. The van der Waals surface area contributed by atoms with Crippen LogP contribution in [0.2, 0.25) is 0 Å². The molecule has 62 heavy (non-hydrogen) atoms. The minimum atomic E-state index is -0.795. The monoisotopic (exact) mass is 863 g/mol. The minimum absolute atomic E-state index is 0.0922. The maximum atomic E-state index is 12.8. The third-order valence-corrected chi connectivity index (χ3v) is 10.6. The second-order valence-corrected chi connectivity index (χ2v) is 16.7. The summed E-state index contributed by atoms with van der Waals surface area (Å²) < 4.78 is 16.7. The summed E-state index contributed by atoms with van der Waals surface area (Å²) in [7, 11) is 0. The normalized spacial score (nSPS) is 12.8. The van der Waals surface area contributed by atoms with E-state index in [4.69, 9.17) is 14.2 Å². The van der Waals surface area contributed by atoms with Gasteiger partial charge in [-0.2, -0.15) is 0 Å². The highest BCUT2D eigenvalue weighted by molar-refractivity contribution is 5.71. The molecule has 0 bridgehead atoms. The first kappa shape index (κ1) is 58.6. The number of hydrogen-bond acceptors (Lipinski definition) is 6. The number of ether oxygens (including phenoxy) is 3. The van der Waals surface area contributed by atoms with Gasteiger partial charge in [0.25, 0.3) is 0 Å². The number of hydrogen-bond donors (Lipinski definition) is 0. The van der Waals surface area contributed by atoms with Crippen LogP contribution in [0.4, 0.5) is 0 Å². The fourth-order valence-electron chi connectivity index (χ4n) is 6.79. The molecule has 0 saturated carbocycles. The van der Waals surface area contributed by atoms with Crippen LogP contribution in [0.5, 0.6) is 0 Å². The van der Waals surface area contributed by atoms with Gasteiger partial charge in [-0.25, -0.2) is 0 Å². The van der Waals surface area contributed by atoms with Crippen LogP contribution in [-0.4, -0.2) is 37.2 Å². The van der Waals surface area contributed by atoms with Crippen LogP contribution in [0.1, 0.15) is 233 Å². The Bertz CT molecular complexity index is 1220. The molecule has 6 heteroatoms. The SMILES string of the molecule is CC/C=C\C/C=C\C/C=C\C/C=C\C/C=C\CCCCCC(=O)OCC(COC(=O)CCCCCCCCCCCC)OC(=O)CCCCCCC/C=C\C/C=C\CCCCC. The second kappa shape index (κ2) is 50.2. The number of carbonyl (C=O) groups excluding carboxylic acids is 3. The highest BCUT2D eigenvalue weighted by Gasteiger charge is 2.19. The summed E-state index contributed by atoms with van der Waals surface area (Å²) >= 11 is 0. The molecule has 1 atom stereocenters. The van der Waals surface area contributed by atoms with Gasteiger partial charge in [0, 0.05) is 19.3 Å². The van der Waals surface area contributed by atoms with Crippen molar-refractivity contribution in [3.8, 4) is 0 Å². The summed E-state index contributed by atoms with van der Waals surface area (Å²) in [6, 6.07) is 0. The molecule has 0 spiro atoms. The Morgan fingerprint density at radius 1 is 0.339 bits per heavy atom. The molecule has 0 aliphatic heterocycles. The molecule has 0 fully saturated rings. The average Bonchev–Trinajstić information content (AvgIpc) is 3.27. The molecule has 0 aromatic rings. The fourth-order valence-corrected chi connectivity index (χ4v) is 6.79. The molecule has 0 aliphatic rings. The average molecular weight is 863 g/mol. The number of esters is 3. The van der Waals surface area contributed by atoms with Crippen LogP contribution < -0.4 is 0 Å². The Balaban J connectivity index is 4.44. The molecule has 0 aliphatic carbocycles. The van der Waals surface area contributed by atoms with E-state index in [1.54, 1.807) is 0 Å². The first-order valence-corrected chi connectivity index (χ1v) is 25.6. The van der Waals surface area contributed by atoms with Crippen molar-refractivity contribution >= 4 is 17.9 Å². The number of unbranched alkanes of at least 4 members (excludes halogenated alkanes) is 20. The van der Waals surface area contributed by atoms with E-state index < -0.39 is 6.10 Å². The molecule has 0 saturated heterocycles. The standard InChI is InChI=1S/C56H94O6/c1-4-7-10-13-16-19-22-24-26-27-28-29-31-32-34-37-40-43-46-49-55(58)61-52-53(51-60-54(57)48-45-42-39-36-21-18-15-12-9-6-3)62-56(59)50-47-44-41-38-35-33-30-25-23-20-17-14-11-8-5-2/h7,10,16-17,19-20,24-26,28-30,32,34,53H,4-6,8-9,11-15,18,21-23,27,31,33,35-52H2,1-3H3/b10-7-,19-16-,20-17-,26-24-,29-28-,30-25-,34-32-. The first-order chi connectivity index (χ1) is 30.5. The molecule has 0 heterocycles. The number of allylic oxidation sites excluding steroid dienone is 14. The lowest BCUT2D eigenvalue weighted by atomic mass is 10.1. The van der Waals surface area contributed by atoms with Crippen LogP contribution >= 0.6 is 0 Å². The van der Waals surface area contributed by atoms with Gasteiger partial charge in [-0.3, -0.25) is 14.4 Å². The summed E-state index contributed by atoms with van der Waals surface area (Å²) in [6.45, 7) is 6.44. The Morgan fingerprint density at radius 2 is 0.629 bits per heavy atom. The summed E-state index contributed by atoms with van der Waals surface area (Å²) in [5.74, 6) is -0.943. The maximum Gasteiger partial charge on any atom is 0.306 e. The quantitative estimate of drug-likeness (QED) is 0.0263. The highest BCUT2D eigenvalue weighted by atomic mass is 16.6. The summed E-state index contributed by atoms with van der Waals surface area (Å²) in [5, 5.41) is 0. The number of carbonyl (C=O) groups is 3. The van der Waals surface area contributed by atoms with E-state index in [0.29, 0.717) is 19.3 Å². The van der Waals surface area contributed by atoms with Crippen LogP contribution in [-0.2, 0) is 28.6 Å². The third kappa shape index (κ3) is 47.6. The molecule has 0 radical (unpaired) electrons. The largest absolute Gasteiger partial charge is 0.462 e. The molecule has 1 unspecified atom stereocenters. The fraction of sp³-hybridized carbons (Fsp3) is 0.696. The topological polar surface area (TPSA) is 78.9 Å². The van der Waals surface area contributed by atoms with Gasteiger partial charge in [0.05, 0.1) is 0 Å². The molecular formula is C56H94O6. The summed E-state index contributed by atoms with van der Waals surface area (Å²) in [4.78, 5) is 37.9. The molecule has 6 nitrogen and oxygen atoms in total. The van der Waals surface area contributed by atoms with Gasteiger partial charge < -0.3 is 14.2 Å². The second-order valence-electron chi connectivity index (χ2n) is 16.7. The van der Waals surface area contributed by atoms with Crippen LogP contribution in [0, 0.1) is 0 Å². The third-order valence-electron chi connectivity index (χ3n) is 10.6. The van der Waals surface area contributed by atoms with Crippen LogP contribution in [0.3, 0.4) is 0 Å². The van der Waals surface area contributed by atoms with Gasteiger partial charge in [-0.1, -0.05) is 202 Å². The van der Waals surface area contributed by atoms with Gasteiger partial charge in [0.1, 0.15) is 13.2 Å². The Labute approximate surface area is 382 Å². The summed E-state index contributed by atoms with van der Waals surface area (Å²) in [5.41, 5.74) is 0. The zero-order valence-electron chi connectivity index (χ0n) is 40.4. The van der Waals surface area contributed by atoms with Crippen molar-refractivity contribution in [3.63, 3.8) is 0 Å². The minimum Gasteiger partial charge on any atom is -0.462 e. The molecule has 0 aromatic heterocycles. The molecule has 0 aromatic carbocycles. The van der Waals surface area contributed by atoms with Crippen LogP contribution in [0.15, 0.2) is 85.1 Å². The smallest absolute Gasteiger partial charge is 0.306 e. The van der Waals surface area contributed by atoms with Crippen molar-refractivity contribution in [2.45, 2.75) is 239 Å². The van der Waals surface area contributed by atoms with Gasteiger partial charge in [-0.05, 0) is 96.3 Å². The van der Waals surface area contributed by atoms with E-state index in [1.165, 1.54) is 70.6 Å². The predicted molar refractivity (Wildman–Crippen MR) is 265 cm³/mol. The van der Waals surface area contributed by atoms with E-state index in [1.807, 2.05) is 0 Å². The lowest BCUT2D eigenvalue weighted by Crippen LogP contribution is -2.30. The van der Waals surface area contributed by atoms with Gasteiger partial charge >= 0.3 is 17.9 Å². The van der Waals surface area contributed by atoms with Crippen molar-refractivity contribution in [2.75, 3.05) is 13.2 Å². The van der Waals surface area contributed by atoms with E-state index >= 15 is 0 Å². The Morgan fingerprint density at radius 3 is 1.03 bits per heavy atom. The number of rotatable bonds is 45. The first-order valence-electron chi connectivity index (χ1n) is 25.6. The van der Waals surface area contributed by atoms with E-state index in [0.717, 1.165) is 122 Å². The van der Waals surface area contributed by atoms with Crippen molar-refractivity contribution in [1.82, 2.24) is 0 Å². The Kier molecular flexibility index (Phi) is 47.5. The van der Waals surface area contributed by atoms with Crippen LogP contribution in [0.25, 0.3) is 0 Å². The predicted octanol–water partition coefficient (Wildman–Crippen LogP) is 16.8. The lowest BCUT2D eigenvalue weighted by molar-refractivity contribution is -0.167. The van der Waals surface area contributed by atoms with Crippen molar-refractivity contribution in [3.05, 3.63) is 85.1 Å². The molecule has 354 valence electrons. The van der Waals surface area contributed by atoms with Crippen molar-refractivity contribution < 1.29 is 28.6 Å². The molecular weight excluding hydrogens is 769 g/mol. The molecule has 0 N–H and O–H groups in total. The van der Waals surface area contributed by atoms with E-state index in [-0.39, 0.29) is 31.1 Å². The van der Waals surface area contributed by atoms with E-state index in [2.05, 4.69) is 106 Å². The Hall–Kier alpha value is -3.41. The molecule has 0 amide bonds. The maximum absolute atomic E-state index is 12.8. The lowest BCUT2D eigenvalue weighted by Gasteiger charge is -2.18. The van der Waals surface area contributed by atoms with E-state index in [9.17, 15) is 14.4 Å². The van der Waals surface area contributed by atoms with Gasteiger partial charge in [0.15, 0.2) is 6.10 Å². The zero-order valence-corrected chi connectivity index (χ0v) is 40.4. The molecule has 0 rings (SSSR count). The highest BCUT2D eigenvalue weighted by Crippen LogP contribution is 2.14. The van der Waals surface area contributed by atoms with Crippen molar-refractivity contribution in [1.29, 1.82) is 0 Å². The van der Waals surface area contributed by atoms with Gasteiger partial charge in [0.2, 0.25) is 0 Å². The van der Waals surface area contributed by atoms with Crippen molar-refractivity contribution in [2.24, 2.45) is 0 Å². The zero-order chi connectivity index (χ0) is 45.1. The van der Waals surface area contributed by atoms with Gasteiger partial charge in [-0.15, -0.1) is 0 Å².